The molecule has 212 valence electrons. The molecule has 5 rings (SSSR count). The summed E-state index contributed by atoms with van der Waals surface area (Å²) < 4.78 is 28.0. The molecule has 0 radical (unpaired) electrons. The lowest BCUT2D eigenvalue weighted by Crippen LogP contribution is -2.36. The minimum Gasteiger partial charge on any atom is -0.494 e. The van der Waals surface area contributed by atoms with Crippen molar-refractivity contribution >= 4 is 34.9 Å². The van der Waals surface area contributed by atoms with Crippen LogP contribution in [-0.4, -0.2) is 70.0 Å². The number of hydrogen-bond acceptors (Lipinski definition) is 9. The van der Waals surface area contributed by atoms with Crippen molar-refractivity contribution in [1.29, 1.82) is 0 Å². The minimum atomic E-state index is -2.75. The number of carbonyl (C=O) groups excluding carboxylic acids is 3. The molecule has 41 heavy (non-hydrogen) atoms. The summed E-state index contributed by atoms with van der Waals surface area (Å²) in [6.45, 7) is 2.08. The van der Waals surface area contributed by atoms with E-state index in [4.69, 9.17) is 8.85 Å². The number of methoxy groups -OCH3 is 1. The van der Waals surface area contributed by atoms with Crippen LogP contribution in [0.3, 0.4) is 0 Å². The van der Waals surface area contributed by atoms with Crippen LogP contribution in [0.1, 0.15) is 51.8 Å². The number of hydrogen-bond donors (Lipinski definition) is 3. The van der Waals surface area contributed by atoms with Gasteiger partial charge in [0.25, 0.3) is 5.91 Å². The first-order chi connectivity index (χ1) is 21.1. The second-order valence-corrected chi connectivity index (χ2v) is 9.86. The average Bonchev–Trinajstić information content (AvgIpc) is 3.86. The van der Waals surface area contributed by atoms with Gasteiger partial charge in [-0.15, -0.1) is 10.2 Å². The number of anilines is 3. The molecule has 12 nitrogen and oxygen atoms in total. The summed E-state index contributed by atoms with van der Waals surface area (Å²) in [5, 5.41) is 15.5. The maximum absolute atomic E-state index is 12.8. The van der Waals surface area contributed by atoms with Crippen LogP contribution in [0.5, 0.6) is 5.75 Å². The smallest absolute Gasteiger partial charge is 0.273 e. The van der Waals surface area contributed by atoms with E-state index >= 15 is 0 Å². The van der Waals surface area contributed by atoms with E-state index in [0.717, 1.165) is 31.2 Å². The topological polar surface area (TPSA) is 151 Å². The number of amides is 3. The van der Waals surface area contributed by atoms with Gasteiger partial charge in [-0.3, -0.25) is 14.4 Å². The van der Waals surface area contributed by atoms with Crippen LogP contribution >= 0.6 is 0 Å². The predicted molar refractivity (Wildman–Crippen MR) is 153 cm³/mol. The van der Waals surface area contributed by atoms with Crippen molar-refractivity contribution < 1.29 is 23.2 Å². The van der Waals surface area contributed by atoms with E-state index in [0.29, 0.717) is 35.9 Å². The Balaban J connectivity index is 1.40. The molecule has 3 aromatic rings. The van der Waals surface area contributed by atoms with Crippen molar-refractivity contribution in [3.63, 3.8) is 0 Å². The molecular formula is C29H32N8O4. The molecule has 3 heterocycles. The van der Waals surface area contributed by atoms with Crippen molar-refractivity contribution in [2.75, 3.05) is 37.8 Å². The zero-order valence-electron chi connectivity index (χ0n) is 25.5. The van der Waals surface area contributed by atoms with Gasteiger partial charge < -0.3 is 25.6 Å². The van der Waals surface area contributed by atoms with Crippen LogP contribution in [0.4, 0.5) is 17.2 Å². The number of nitrogens with one attached hydrogen (secondary N) is 3. The third-order valence-corrected chi connectivity index (χ3v) is 7.18. The number of likely N-dealkylation sites (tertiary alicyclic amines) is 1. The van der Waals surface area contributed by atoms with E-state index < -0.39 is 12.9 Å². The normalized spacial score (nSPS) is 16.5. The molecular weight excluding hydrogens is 524 g/mol. The molecule has 1 aromatic carbocycles. The maximum Gasteiger partial charge on any atom is 0.273 e. The van der Waals surface area contributed by atoms with Crippen LogP contribution in [0, 0.1) is 5.92 Å². The fourth-order valence-corrected chi connectivity index (χ4v) is 4.78. The van der Waals surface area contributed by atoms with Crippen molar-refractivity contribution in [1.82, 2.24) is 30.4 Å². The zero-order valence-corrected chi connectivity index (χ0v) is 22.5. The maximum atomic E-state index is 12.8. The molecule has 12 heteroatoms. The summed E-state index contributed by atoms with van der Waals surface area (Å²) in [6.07, 6.45) is 8.04. The lowest BCUT2D eigenvalue weighted by molar-refractivity contribution is -0.127. The number of benzene rings is 1. The van der Waals surface area contributed by atoms with Gasteiger partial charge in [0, 0.05) is 48.6 Å². The number of aromatic nitrogens is 4. The Bertz CT molecular complexity index is 1570. The van der Waals surface area contributed by atoms with Crippen LogP contribution < -0.4 is 20.7 Å². The molecule has 2 aliphatic rings. The quantitative estimate of drug-likeness (QED) is 0.335. The first kappa shape index (κ1) is 24.0. The van der Waals surface area contributed by atoms with Gasteiger partial charge in [-0.1, -0.05) is 12.6 Å². The monoisotopic (exact) mass is 559 g/mol. The van der Waals surface area contributed by atoms with Gasteiger partial charge in [-0.05, 0) is 55.4 Å². The number of nitrogens with zero attached hydrogens (tertiary/aromatic N) is 5. The van der Waals surface area contributed by atoms with Crippen LogP contribution in [0.25, 0.3) is 11.4 Å². The molecule has 0 spiro atoms. The van der Waals surface area contributed by atoms with E-state index in [-0.39, 0.29) is 40.8 Å². The molecule has 1 aliphatic heterocycles. The first-order valence-corrected chi connectivity index (χ1v) is 13.2. The van der Waals surface area contributed by atoms with Gasteiger partial charge in [0.05, 0.1) is 24.0 Å². The highest BCUT2D eigenvalue weighted by atomic mass is 16.5. The third kappa shape index (κ3) is 6.16. The van der Waals surface area contributed by atoms with Gasteiger partial charge in [-0.2, -0.15) is 0 Å². The highest BCUT2D eigenvalue weighted by Crippen LogP contribution is 2.38. The largest absolute Gasteiger partial charge is 0.494 e. The molecule has 0 atom stereocenters. The molecule has 0 bridgehead atoms. The summed E-state index contributed by atoms with van der Waals surface area (Å²) in [7, 11) is 1.48. The lowest BCUT2D eigenvalue weighted by Gasteiger charge is -2.31. The number of para-hydroxylation sites is 1. The average molecular weight is 560 g/mol. The van der Waals surface area contributed by atoms with E-state index in [1.807, 2.05) is 5.32 Å². The molecule has 3 amide bonds. The highest BCUT2D eigenvalue weighted by molar-refractivity contribution is 6.00. The van der Waals surface area contributed by atoms with Gasteiger partial charge >= 0.3 is 0 Å². The Labute approximate surface area is 241 Å². The van der Waals surface area contributed by atoms with E-state index in [1.165, 1.54) is 19.3 Å². The molecule has 1 aliphatic carbocycles. The van der Waals surface area contributed by atoms with Crippen LogP contribution in [0.2, 0.25) is 0 Å². The Kier molecular flexibility index (Phi) is 7.08. The molecule has 1 saturated heterocycles. The van der Waals surface area contributed by atoms with E-state index in [9.17, 15) is 14.4 Å². The van der Waals surface area contributed by atoms with Crippen LogP contribution in [0.15, 0.2) is 49.3 Å². The van der Waals surface area contributed by atoms with Gasteiger partial charge in [0.15, 0.2) is 23.1 Å². The van der Waals surface area contributed by atoms with E-state index in [1.54, 1.807) is 35.5 Å². The van der Waals surface area contributed by atoms with Crippen molar-refractivity contribution in [2.45, 2.75) is 31.6 Å². The Hall–Kier alpha value is -4.87. The molecule has 3 N–H and O–H groups in total. The zero-order chi connectivity index (χ0) is 31.4. The summed E-state index contributed by atoms with van der Waals surface area (Å²) in [5.41, 5.74) is 1.75. The second kappa shape index (κ2) is 12.1. The molecule has 2 fully saturated rings. The van der Waals surface area contributed by atoms with E-state index in [2.05, 4.69) is 37.4 Å². The highest BCUT2D eigenvalue weighted by Gasteiger charge is 2.30. The lowest BCUT2D eigenvalue weighted by atomic mass is 9.91. The predicted octanol–water partition coefficient (Wildman–Crippen LogP) is 3.29. The van der Waals surface area contributed by atoms with Crippen molar-refractivity contribution in [3.8, 4) is 17.1 Å². The number of carbonyl (C=O) groups is 3. The number of rotatable bonds is 9. The summed E-state index contributed by atoms with van der Waals surface area (Å²) in [6, 6.07) is 6.64. The number of piperidine rings is 1. The standard InChI is InChI=1S/C29H32N8O4/c1-4-24(38)37-12-10-17(11-13-37)19-15-31-27(32-16-19)20-6-5-7-21(26(20)41-3)33-22-14-23(34-28(39)18-8-9-18)35-36-25(22)29(40)30-2/h4-7,14-18H,1,8-13H2,2-3H3,(H,30,40)(H2,33,34,35,39)/i2D3. The minimum absolute atomic E-state index is 0.0672. The molecule has 2 aromatic heterocycles. The van der Waals surface area contributed by atoms with Crippen molar-refractivity contribution in [2.24, 2.45) is 5.92 Å². The Morgan fingerprint density at radius 3 is 2.51 bits per heavy atom. The fourth-order valence-electron chi connectivity index (χ4n) is 4.78. The first-order valence-electron chi connectivity index (χ1n) is 14.7. The summed E-state index contributed by atoms with van der Waals surface area (Å²) in [5.74, 6) is -0.260. The molecule has 0 unspecified atom stereocenters. The number of ether oxygens (including phenoxy) is 1. The van der Waals surface area contributed by atoms with Gasteiger partial charge in [-0.25, -0.2) is 9.97 Å². The van der Waals surface area contributed by atoms with Crippen molar-refractivity contribution in [3.05, 3.63) is 60.6 Å². The van der Waals surface area contributed by atoms with Gasteiger partial charge in [0.1, 0.15) is 0 Å². The third-order valence-electron chi connectivity index (χ3n) is 7.18. The second-order valence-electron chi connectivity index (χ2n) is 9.86. The summed E-state index contributed by atoms with van der Waals surface area (Å²) in [4.78, 5) is 48.0. The van der Waals surface area contributed by atoms with Gasteiger partial charge in [0.2, 0.25) is 11.8 Å². The summed E-state index contributed by atoms with van der Waals surface area (Å²) >= 11 is 0. The van der Waals surface area contributed by atoms with Crippen LogP contribution in [-0.2, 0) is 9.59 Å². The Morgan fingerprint density at radius 1 is 1.10 bits per heavy atom. The Morgan fingerprint density at radius 2 is 1.85 bits per heavy atom. The molecule has 1 saturated carbocycles. The fraction of sp³-hybridized carbons (Fsp3) is 0.345. The SMILES string of the molecule is [2H]C([2H])([2H])NC(=O)c1nnc(NC(=O)C2CC2)cc1Nc1cccc(-c2ncc(C3CCN(C(=O)C=C)CC3)cn2)c1OC.